The lowest BCUT2D eigenvalue weighted by atomic mass is 9.85. The Bertz CT molecular complexity index is 1440. The highest BCUT2D eigenvalue weighted by atomic mass is 32.2. The van der Waals surface area contributed by atoms with Crippen molar-refractivity contribution in [2.45, 2.75) is 87.7 Å². The Kier molecular flexibility index (Phi) is 6.05. The largest absolute Gasteiger partial charge is 0.367 e. The molecule has 1 saturated heterocycles. The minimum atomic E-state index is -3.83. The molecule has 2 atom stereocenters. The van der Waals surface area contributed by atoms with Gasteiger partial charge in [0.2, 0.25) is 15.2 Å². The summed E-state index contributed by atoms with van der Waals surface area (Å²) in [6.45, 7) is 7.47. The maximum Gasteiger partial charge on any atom is 0.291 e. The standard InChI is InChI=1S/C24H31F2N7O2S2/c1-13-11-32(12-14(2)27-13)17-9-16(37(34,35)31-24(3)7-8-24)10-18-19(17)28-21(15-5-4-6-15)33(18)23-30-29-22(36-23)20(25)26/h9-10,13-15,20,27,31H,4-8,11-12H2,1-3H3/t13-,14-/m0/s1. The molecule has 0 bridgehead atoms. The van der Waals surface area contributed by atoms with E-state index in [1.54, 1.807) is 16.7 Å². The van der Waals surface area contributed by atoms with Gasteiger partial charge in [0.15, 0.2) is 5.01 Å². The normalized spacial score (nSPS) is 24.1. The first-order chi connectivity index (χ1) is 17.5. The number of halogens is 2. The fourth-order valence-corrected chi connectivity index (χ4v) is 7.52. The number of sulfonamides is 1. The molecule has 3 aliphatic rings. The molecule has 0 radical (unpaired) electrons. The summed E-state index contributed by atoms with van der Waals surface area (Å²) < 4.78 is 58.6. The van der Waals surface area contributed by atoms with Gasteiger partial charge in [-0.25, -0.2) is 26.9 Å². The van der Waals surface area contributed by atoms with Crippen molar-refractivity contribution in [3.8, 4) is 5.13 Å². The summed E-state index contributed by atoms with van der Waals surface area (Å²) in [5, 5.41) is 11.2. The number of anilines is 1. The molecule has 3 aromatic rings. The summed E-state index contributed by atoms with van der Waals surface area (Å²) in [5.74, 6) is 0.885. The van der Waals surface area contributed by atoms with Crippen LogP contribution in [-0.2, 0) is 10.0 Å². The number of fused-ring (bicyclic) bond motifs is 1. The Balaban J connectivity index is 1.58. The first kappa shape index (κ1) is 25.1. The second-order valence-electron chi connectivity index (χ2n) is 11.0. The molecule has 200 valence electrons. The molecule has 3 heterocycles. The van der Waals surface area contributed by atoms with Gasteiger partial charge in [-0.1, -0.05) is 17.8 Å². The zero-order valence-corrected chi connectivity index (χ0v) is 22.7. The molecule has 2 aliphatic carbocycles. The highest BCUT2D eigenvalue weighted by molar-refractivity contribution is 7.89. The van der Waals surface area contributed by atoms with Gasteiger partial charge in [0.05, 0.1) is 16.1 Å². The van der Waals surface area contributed by atoms with E-state index in [0.29, 0.717) is 24.1 Å². The van der Waals surface area contributed by atoms with Gasteiger partial charge in [0.1, 0.15) is 11.3 Å². The first-order valence-electron chi connectivity index (χ1n) is 12.8. The Morgan fingerprint density at radius 3 is 2.43 bits per heavy atom. The van der Waals surface area contributed by atoms with Crippen molar-refractivity contribution in [1.29, 1.82) is 0 Å². The number of alkyl halides is 2. The SMILES string of the molecule is C[C@H]1CN(c2cc(S(=O)(=O)NC3(C)CC3)cc3c2nc(C2CCC2)n3-c2nnc(C(F)F)s2)C[C@H](C)N1. The van der Waals surface area contributed by atoms with Crippen molar-refractivity contribution in [3.63, 3.8) is 0 Å². The van der Waals surface area contributed by atoms with Crippen LogP contribution in [0.1, 0.15) is 76.1 Å². The molecule has 3 fully saturated rings. The topological polar surface area (TPSA) is 105 Å². The average molecular weight is 552 g/mol. The van der Waals surface area contributed by atoms with Crippen molar-refractivity contribution in [2.75, 3.05) is 18.0 Å². The molecule has 0 amide bonds. The number of hydrogen-bond acceptors (Lipinski definition) is 8. The van der Waals surface area contributed by atoms with Crippen LogP contribution in [0.15, 0.2) is 17.0 Å². The molecule has 2 aromatic heterocycles. The fourth-order valence-electron chi connectivity index (χ4n) is 5.29. The third kappa shape index (κ3) is 4.64. The minimum Gasteiger partial charge on any atom is -0.367 e. The van der Waals surface area contributed by atoms with Gasteiger partial charge in [-0.2, -0.15) is 0 Å². The minimum absolute atomic E-state index is 0.141. The van der Waals surface area contributed by atoms with Gasteiger partial charge < -0.3 is 10.2 Å². The van der Waals surface area contributed by atoms with E-state index in [1.807, 2.05) is 6.92 Å². The molecule has 0 unspecified atom stereocenters. The molecule has 2 saturated carbocycles. The number of hydrogen-bond donors (Lipinski definition) is 2. The van der Waals surface area contributed by atoms with Gasteiger partial charge >= 0.3 is 0 Å². The van der Waals surface area contributed by atoms with Gasteiger partial charge in [-0.15, -0.1) is 10.2 Å². The molecule has 9 nitrogen and oxygen atoms in total. The van der Waals surface area contributed by atoms with Gasteiger partial charge in [-0.3, -0.25) is 4.57 Å². The van der Waals surface area contributed by atoms with Crippen LogP contribution in [0.25, 0.3) is 16.2 Å². The zero-order chi connectivity index (χ0) is 26.1. The lowest BCUT2D eigenvalue weighted by Gasteiger charge is -2.38. The smallest absolute Gasteiger partial charge is 0.291 e. The van der Waals surface area contributed by atoms with Gasteiger partial charge in [0, 0.05) is 36.6 Å². The highest BCUT2D eigenvalue weighted by Crippen LogP contribution is 2.43. The maximum absolute atomic E-state index is 13.5. The molecule has 13 heteroatoms. The Hall–Kier alpha value is -2.22. The molecule has 0 spiro atoms. The molecule has 37 heavy (non-hydrogen) atoms. The number of nitrogens with zero attached hydrogens (tertiary/aromatic N) is 5. The van der Waals surface area contributed by atoms with E-state index < -0.39 is 22.0 Å². The highest BCUT2D eigenvalue weighted by Gasteiger charge is 2.42. The van der Waals surface area contributed by atoms with Crippen LogP contribution < -0.4 is 14.9 Å². The molecule has 1 aliphatic heterocycles. The van der Waals surface area contributed by atoms with E-state index in [1.165, 1.54) is 0 Å². The van der Waals surface area contributed by atoms with Crippen molar-refractivity contribution in [2.24, 2.45) is 0 Å². The predicted octanol–water partition coefficient (Wildman–Crippen LogP) is 4.10. The van der Waals surface area contributed by atoms with Gasteiger partial charge in [-0.05, 0) is 58.6 Å². The lowest BCUT2D eigenvalue weighted by molar-refractivity contribution is 0.150. The fraction of sp³-hybridized carbons (Fsp3) is 0.625. The number of piperazine rings is 1. The number of rotatable bonds is 7. The lowest BCUT2D eigenvalue weighted by Crippen LogP contribution is -2.54. The van der Waals surface area contributed by atoms with Crippen LogP contribution in [-0.4, -0.2) is 58.9 Å². The monoisotopic (exact) mass is 551 g/mol. The Labute approximate surface area is 218 Å². The molecule has 1 aromatic carbocycles. The quantitative estimate of drug-likeness (QED) is 0.456. The summed E-state index contributed by atoms with van der Waals surface area (Å²) in [7, 11) is -3.83. The molecular formula is C24H31F2N7O2S2. The summed E-state index contributed by atoms with van der Waals surface area (Å²) in [5.41, 5.74) is 1.51. The van der Waals surface area contributed by atoms with Crippen LogP contribution in [0.2, 0.25) is 0 Å². The van der Waals surface area contributed by atoms with Crippen molar-refractivity contribution < 1.29 is 17.2 Å². The first-order valence-corrected chi connectivity index (χ1v) is 15.1. The van der Waals surface area contributed by atoms with E-state index in [4.69, 9.17) is 4.98 Å². The average Bonchev–Trinajstić information content (AvgIpc) is 3.17. The predicted molar refractivity (Wildman–Crippen MR) is 138 cm³/mol. The summed E-state index contributed by atoms with van der Waals surface area (Å²) in [6, 6.07) is 3.73. The second kappa shape index (κ2) is 8.92. The number of nitrogens with one attached hydrogen (secondary N) is 2. The zero-order valence-electron chi connectivity index (χ0n) is 21.0. The Morgan fingerprint density at radius 2 is 1.86 bits per heavy atom. The molecule has 6 rings (SSSR count). The van der Waals surface area contributed by atoms with E-state index in [9.17, 15) is 17.2 Å². The Morgan fingerprint density at radius 1 is 1.16 bits per heavy atom. The summed E-state index contributed by atoms with van der Waals surface area (Å²) >= 11 is 0.817. The van der Waals surface area contributed by atoms with Crippen molar-refractivity contribution in [3.05, 3.63) is 23.0 Å². The third-order valence-electron chi connectivity index (χ3n) is 7.61. The van der Waals surface area contributed by atoms with E-state index in [2.05, 4.69) is 39.0 Å². The summed E-state index contributed by atoms with van der Waals surface area (Å²) in [4.78, 5) is 7.36. The number of imidazole rings is 1. The maximum atomic E-state index is 13.5. The van der Waals surface area contributed by atoms with E-state index in [-0.39, 0.29) is 33.0 Å². The van der Waals surface area contributed by atoms with E-state index in [0.717, 1.165) is 55.0 Å². The number of aromatic nitrogens is 4. The van der Waals surface area contributed by atoms with Crippen molar-refractivity contribution >= 4 is 38.1 Å². The summed E-state index contributed by atoms with van der Waals surface area (Å²) in [6.07, 6.45) is 1.79. The molecule has 2 N–H and O–H groups in total. The third-order valence-corrected chi connectivity index (χ3v) is 10.1. The van der Waals surface area contributed by atoms with Crippen LogP contribution >= 0.6 is 11.3 Å². The van der Waals surface area contributed by atoms with E-state index >= 15 is 0 Å². The van der Waals surface area contributed by atoms with Gasteiger partial charge in [0.25, 0.3) is 6.43 Å². The molecular weight excluding hydrogens is 520 g/mol. The number of benzene rings is 1. The van der Waals surface area contributed by atoms with Crippen molar-refractivity contribution in [1.82, 2.24) is 29.8 Å². The van der Waals surface area contributed by atoms with Crippen LogP contribution in [0.3, 0.4) is 0 Å². The van der Waals surface area contributed by atoms with Crippen LogP contribution in [0.4, 0.5) is 14.5 Å². The van der Waals surface area contributed by atoms with Crippen LogP contribution in [0, 0.1) is 0 Å². The van der Waals surface area contributed by atoms with Crippen LogP contribution in [0.5, 0.6) is 0 Å². The second-order valence-corrected chi connectivity index (χ2v) is 13.7.